The van der Waals surface area contributed by atoms with Gasteiger partial charge < -0.3 is 10.2 Å². The van der Waals surface area contributed by atoms with E-state index in [1.54, 1.807) is 0 Å². The van der Waals surface area contributed by atoms with E-state index in [0.29, 0.717) is 18.5 Å². The van der Waals surface area contributed by atoms with Crippen molar-refractivity contribution >= 4 is 17.5 Å². The molecule has 0 aromatic heterocycles. The van der Waals surface area contributed by atoms with Gasteiger partial charge >= 0.3 is 0 Å². The number of rotatable bonds is 4. The third-order valence-electron chi connectivity index (χ3n) is 4.73. The number of hydrogen-bond acceptors (Lipinski definition) is 2. The average molecular weight is 307 g/mol. The molecule has 2 fully saturated rings. The first-order valence-electron chi connectivity index (χ1n) is 7.99. The number of amides is 1. The van der Waals surface area contributed by atoms with Gasteiger partial charge in [0.25, 0.3) is 0 Å². The third-order valence-corrected chi connectivity index (χ3v) is 5.08. The molecule has 3 rings (SSSR count). The van der Waals surface area contributed by atoms with Crippen LogP contribution in [0.3, 0.4) is 0 Å². The lowest BCUT2D eigenvalue weighted by atomic mass is 9.76. The summed E-state index contributed by atoms with van der Waals surface area (Å²) in [5.41, 5.74) is 1.25. The Morgan fingerprint density at radius 3 is 2.62 bits per heavy atom. The summed E-state index contributed by atoms with van der Waals surface area (Å²) in [6.07, 6.45) is 5.74. The van der Waals surface area contributed by atoms with Crippen molar-refractivity contribution in [1.29, 1.82) is 0 Å². The van der Waals surface area contributed by atoms with E-state index in [2.05, 4.69) is 11.4 Å². The molecule has 21 heavy (non-hydrogen) atoms. The van der Waals surface area contributed by atoms with Gasteiger partial charge in [0.1, 0.15) is 0 Å². The summed E-state index contributed by atoms with van der Waals surface area (Å²) in [6.45, 7) is 2.36. The molecule has 1 aliphatic carbocycles. The van der Waals surface area contributed by atoms with Crippen molar-refractivity contribution in [3.63, 3.8) is 0 Å². The van der Waals surface area contributed by atoms with E-state index in [1.165, 1.54) is 12.0 Å². The first kappa shape index (κ1) is 14.9. The van der Waals surface area contributed by atoms with Crippen LogP contribution < -0.4 is 5.32 Å². The summed E-state index contributed by atoms with van der Waals surface area (Å²) < 4.78 is 0. The number of halogens is 1. The second kappa shape index (κ2) is 6.80. The Morgan fingerprint density at radius 1 is 1.19 bits per heavy atom. The van der Waals surface area contributed by atoms with Crippen LogP contribution >= 0.6 is 11.6 Å². The highest BCUT2D eigenvalue weighted by Crippen LogP contribution is 2.39. The normalized spacial score (nSPS) is 25.5. The molecule has 0 bridgehead atoms. The monoisotopic (exact) mass is 306 g/mol. The van der Waals surface area contributed by atoms with Crippen LogP contribution in [0.5, 0.6) is 0 Å². The van der Waals surface area contributed by atoms with Crippen LogP contribution in [-0.2, 0) is 4.79 Å². The first-order chi connectivity index (χ1) is 10.2. The summed E-state index contributed by atoms with van der Waals surface area (Å²) in [4.78, 5) is 14.1. The summed E-state index contributed by atoms with van der Waals surface area (Å²) in [7, 11) is 0. The standard InChI is InChI=1S/C17H23ClN2O/c18-16-7-3-2-6-15(16)13-10-14(11-13)19-12-17(21)20-8-4-1-5-9-20/h2-3,6-7,13-14,19H,1,4-5,8-12H2. The predicted octanol–water partition coefficient (Wildman–Crippen LogP) is 3.19. The van der Waals surface area contributed by atoms with E-state index >= 15 is 0 Å². The Hall–Kier alpha value is -1.06. The minimum absolute atomic E-state index is 0.260. The van der Waals surface area contributed by atoms with Gasteiger partial charge in [-0.2, -0.15) is 0 Å². The van der Waals surface area contributed by atoms with Crippen LogP contribution in [0, 0.1) is 0 Å². The molecule has 1 saturated heterocycles. The van der Waals surface area contributed by atoms with Crippen LogP contribution in [0.25, 0.3) is 0 Å². The largest absolute Gasteiger partial charge is 0.342 e. The number of nitrogens with zero attached hydrogens (tertiary/aromatic N) is 1. The van der Waals surface area contributed by atoms with Crippen LogP contribution in [0.4, 0.5) is 0 Å². The fourth-order valence-corrected chi connectivity index (χ4v) is 3.62. The number of carbonyl (C=O) groups is 1. The van der Waals surface area contributed by atoms with Crippen molar-refractivity contribution in [3.8, 4) is 0 Å². The summed E-state index contributed by atoms with van der Waals surface area (Å²) in [6, 6.07) is 8.54. The zero-order chi connectivity index (χ0) is 14.7. The van der Waals surface area contributed by atoms with Gasteiger partial charge in [0.15, 0.2) is 0 Å². The number of piperidine rings is 1. The Balaban J connectivity index is 1.41. The lowest BCUT2D eigenvalue weighted by molar-refractivity contribution is -0.131. The molecular weight excluding hydrogens is 284 g/mol. The molecule has 4 heteroatoms. The van der Waals surface area contributed by atoms with Crippen molar-refractivity contribution in [3.05, 3.63) is 34.9 Å². The molecule has 1 amide bonds. The third kappa shape index (κ3) is 3.58. The van der Waals surface area contributed by atoms with Crippen molar-refractivity contribution in [2.24, 2.45) is 0 Å². The SMILES string of the molecule is O=C(CNC1CC(c2ccccc2Cl)C1)N1CCCCC1. The van der Waals surface area contributed by atoms with Gasteiger partial charge in [-0.25, -0.2) is 0 Å². The second-order valence-electron chi connectivity index (χ2n) is 6.21. The molecule has 3 nitrogen and oxygen atoms in total. The molecular formula is C17H23ClN2O. The highest BCUT2D eigenvalue weighted by Gasteiger charge is 2.31. The topological polar surface area (TPSA) is 32.3 Å². The van der Waals surface area contributed by atoms with Crippen LogP contribution in [0.2, 0.25) is 5.02 Å². The minimum atomic E-state index is 0.260. The molecule has 1 saturated carbocycles. The van der Waals surface area contributed by atoms with Gasteiger partial charge in [0.2, 0.25) is 5.91 Å². The first-order valence-corrected chi connectivity index (χ1v) is 8.37. The molecule has 1 aliphatic heterocycles. The molecule has 2 aliphatic rings. The molecule has 0 atom stereocenters. The lowest BCUT2D eigenvalue weighted by Crippen LogP contribution is -2.47. The van der Waals surface area contributed by atoms with E-state index < -0.39 is 0 Å². The van der Waals surface area contributed by atoms with Gasteiger partial charge in [-0.05, 0) is 49.7 Å². The molecule has 0 radical (unpaired) electrons. The maximum Gasteiger partial charge on any atom is 0.236 e. The number of carbonyl (C=O) groups excluding carboxylic acids is 1. The summed E-state index contributed by atoms with van der Waals surface area (Å²) in [5.74, 6) is 0.803. The van der Waals surface area contributed by atoms with Gasteiger partial charge in [-0.3, -0.25) is 4.79 Å². The number of likely N-dealkylation sites (tertiary alicyclic amines) is 1. The van der Waals surface area contributed by atoms with Crippen LogP contribution in [0.1, 0.15) is 43.6 Å². The molecule has 1 aromatic rings. The Bertz CT molecular complexity index is 493. The van der Waals surface area contributed by atoms with E-state index in [1.807, 2.05) is 23.1 Å². The predicted molar refractivity (Wildman–Crippen MR) is 85.6 cm³/mol. The molecule has 114 valence electrons. The van der Waals surface area contributed by atoms with E-state index in [4.69, 9.17) is 11.6 Å². The zero-order valence-electron chi connectivity index (χ0n) is 12.4. The smallest absolute Gasteiger partial charge is 0.236 e. The van der Waals surface area contributed by atoms with E-state index in [0.717, 1.165) is 43.8 Å². The van der Waals surface area contributed by atoms with Crippen molar-refractivity contribution in [1.82, 2.24) is 10.2 Å². The summed E-state index contributed by atoms with van der Waals surface area (Å²) in [5, 5.41) is 4.27. The Kier molecular flexibility index (Phi) is 4.81. The molecule has 0 spiro atoms. The van der Waals surface area contributed by atoms with Gasteiger partial charge in [0, 0.05) is 24.2 Å². The number of hydrogen-bond donors (Lipinski definition) is 1. The number of nitrogens with one attached hydrogen (secondary N) is 1. The van der Waals surface area contributed by atoms with Crippen molar-refractivity contribution in [2.75, 3.05) is 19.6 Å². The Morgan fingerprint density at radius 2 is 1.90 bits per heavy atom. The quantitative estimate of drug-likeness (QED) is 0.926. The van der Waals surface area contributed by atoms with Crippen molar-refractivity contribution < 1.29 is 4.79 Å². The summed E-state index contributed by atoms with van der Waals surface area (Å²) >= 11 is 6.23. The highest BCUT2D eigenvalue weighted by atomic mass is 35.5. The fourth-order valence-electron chi connectivity index (χ4n) is 3.33. The highest BCUT2D eigenvalue weighted by molar-refractivity contribution is 6.31. The maximum atomic E-state index is 12.1. The van der Waals surface area contributed by atoms with Gasteiger partial charge in [-0.15, -0.1) is 0 Å². The Labute approximate surface area is 131 Å². The fraction of sp³-hybridized carbons (Fsp3) is 0.588. The van der Waals surface area contributed by atoms with Gasteiger partial charge in [0.05, 0.1) is 6.54 Å². The number of benzene rings is 1. The lowest BCUT2D eigenvalue weighted by Gasteiger charge is -2.37. The second-order valence-corrected chi connectivity index (χ2v) is 6.62. The molecule has 1 aromatic carbocycles. The molecule has 1 heterocycles. The minimum Gasteiger partial charge on any atom is -0.342 e. The van der Waals surface area contributed by atoms with Gasteiger partial charge in [-0.1, -0.05) is 29.8 Å². The van der Waals surface area contributed by atoms with Crippen LogP contribution in [-0.4, -0.2) is 36.5 Å². The van der Waals surface area contributed by atoms with Crippen LogP contribution in [0.15, 0.2) is 24.3 Å². The molecule has 1 N–H and O–H groups in total. The average Bonchev–Trinajstić information content (AvgIpc) is 2.48. The molecule has 0 unspecified atom stereocenters. The maximum absolute atomic E-state index is 12.1. The van der Waals surface area contributed by atoms with E-state index in [9.17, 15) is 4.79 Å². The van der Waals surface area contributed by atoms with E-state index in [-0.39, 0.29) is 5.91 Å². The van der Waals surface area contributed by atoms with Crippen molar-refractivity contribution in [2.45, 2.75) is 44.1 Å². The zero-order valence-corrected chi connectivity index (χ0v) is 13.1.